The average Bonchev–Trinajstić information content (AvgIpc) is 3.02. The molecule has 3 heterocycles. The van der Waals surface area contributed by atoms with Crippen LogP contribution in [-0.2, 0) is 6.54 Å². The molecule has 1 atom stereocenters. The van der Waals surface area contributed by atoms with Gasteiger partial charge in [-0.2, -0.15) is 5.10 Å². The van der Waals surface area contributed by atoms with Crippen LogP contribution >= 0.6 is 0 Å². The number of piperidine rings is 1. The van der Waals surface area contributed by atoms with Crippen LogP contribution in [0.2, 0.25) is 0 Å². The molecule has 0 amide bonds. The summed E-state index contributed by atoms with van der Waals surface area (Å²) in [5.41, 5.74) is 2.47. The van der Waals surface area contributed by atoms with Crippen molar-refractivity contribution in [3.63, 3.8) is 0 Å². The van der Waals surface area contributed by atoms with Crippen LogP contribution in [0, 0.1) is 0 Å². The van der Waals surface area contributed by atoms with E-state index in [0.717, 1.165) is 18.9 Å². The average molecular weight is 271 g/mol. The highest BCUT2D eigenvalue weighted by Crippen LogP contribution is 2.31. The molecule has 2 aromatic rings. The molecule has 0 unspecified atom stereocenters. The third kappa shape index (κ3) is 2.67. The van der Waals surface area contributed by atoms with Crippen LogP contribution in [0.5, 0.6) is 0 Å². The van der Waals surface area contributed by atoms with E-state index in [1.807, 2.05) is 25.5 Å². The quantitative estimate of drug-likeness (QED) is 0.897. The van der Waals surface area contributed by atoms with Gasteiger partial charge in [0, 0.05) is 31.5 Å². The summed E-state index contributed by atoms with van der Waals surface area (Å²) in [5, 5.41) is 10.4. The molecule has 2 aromatic heterocycles. The number of aromatic nitrogens is 3. The van der Waals surface area contributed by atoms with Gasteiger partial charge in [-0.05, 0) is 31.5 Å². The van der Waals surface area contributed by atoms with Gasteiger partial charge < -0.3 is 5.32 Å². The van der Waals surface area contributed by atoms with Gasteiger partial charge in [0.25, 0.3) is 0 Å². The highest BCUT2D eigenvalue weighted by atomic mass is 15.2. The molecule has 5 heteroatoms. The van der Waals surface area contributed by atoms with Crippen LogP contribution in [0.1, 0.15) is 36.6 Å². The molecule has 0 spiro atoms. The normalized spacial score (nSPS) is 19.9. The second-order valence-electron chi connectivity index (χ2n) is 5.26. The third-order valence-electron chi connectivity index (χ3n) is 4.00. The lowest BCUT2D eigenvalue weighted by atomic mass is 9.98. The lowest BCUT2D eigenvalue weighted by Gasteiger charge is -2.35. The number of pyridine rings is 1. The number of likely N-dealkylation sites (tertiary alicyclic amines) is 1. The highest BCUT2D eigenvalue weighted by molar-refractivity contribution is 5.42. The molecule has 1 saturated heterocycles. The van der Waals surface area contributed by atoms with Crippen molar-refractivity contribution in [3.05, 3.63) is 41.9 Å². The van der Waals surface area contributed by atoms with Crippen LogP contribution in [0.4, 0.5) is 5.82 Å². The Balaban J connectivity index is 1.80. The van der Waals surface area contributed by atoms with Gasteiger partial charge in [-0.15, -0.1) is 0 Å². The first-order valence-electron chi connectivity index (χ1n) is 7.23. The van der Waals surface area contributed by atoms with Crippen molar-refractivity contribution in [1.29, 1.82) is 0 Å². The second kappa shape index (κ2) is 6.05. The fraction of sp³-hybridized carbons (Fsp3) is 0.467. The van der Waals surface area contributed by atoms with Crippen LogP contribution in [-0.4, -0.2) is 33.7 Å². The molecule has 3 rings (SSSR count). The van der Waals surface area contributed by atoms with Crippen molar-refractivity contribution < 1.29 is 0 Å². The summed E-state index contributed by atoms with van der Waals surface area (Å²) in [5.74, 6) is 0.974. The summed E-state index contributed by atoms with van der Waals surface area (Å²) in [6.07, 6.45) is 7.41. The lowest BCUT2D eigenvalue weighted by molar-refractivity contribution is 0.137. The fourth-order valence-electron chi connectivity index (χ4n) is 2.99. The van der Waals surface area contributed by atoms with Crippen molar-refractivity contribution in [1.82, 2.24) is 20.1 Å². The number of H-pyrrole nitrogens is 1. The standard InChI is InChI=1S/C15H21N5/c1-16-15-12(5-4-8-17-15)11-20-10-3-2-6-14(20)13-7-9-18-19-13/h4-5,7-9,14H,2-3,6,10-11H2,1H3,(H,16,17)(H,18,19)/t14-/m0/s1. The Hall–Kier alpha value is -1.88. The molecular formula is C15H21N5. The van der Waals surface area contributed by atoms with Gasteiger partial charge in [-0.1, -0.05) is 12.5 Å². The summed E-state index contributed by atoms with van der Waals surface area (Å²) in [6, 6.07) is 6.68. The Morgan fingerprint density at radius 3 is 3.10 bits per heavy atom. The van der Waals surface area contributed by atoms with Gasteiger partial charge in [-0.25, -0.2) is 4.98 Å². The largest absolute Gasteiger partial charge is 0.373 e. The van der Waals surface area contributed by atoms with Gasteiger partial charge in [-0.3, -0.25) is 10.00 Å². The maximum absolute atomic E-state index is 4.39. The van der Waals surface area contributed by atoms with E-state index in [-0.39, 0.29) is 0 Å². The zero-order valence-electron chi connectivity index (χ0n) is 11.8. The summed E-state index contributed by atoms with van der Waals surface area (Å²) >= 11 is 0. The van der Waals surface area contributed by atoms with Gasteiger partial charge >= 0.3 is 0 Å². The van der Waals surface area contributed by atoms with Gasteiger partial charge in [0.1, 0.15) is 5.82 Å². The Kier molecular flexibility index (Phi) is 3.97. The minimum atomic E-state index is 0.441. The topological polar surface area (TPSA) is 56.8 Å². The Morgan fingerprint density at radius 1 is 1.35 bits per heavy atom. The monoisotopic (exact) mass is 271 g/mol. The first-order valence-corrected chi connectivity index (χ1v) is 7.23. The van der Waals surface area contributed by atoms with E-state index in [2.05, 4.69) is 37.5 Å². The molecule has 0 bridgehead atoms. The zero-order chi connectivity index (χ0) is 13.8. The van der Waals surface area contributed by atoms with E-state index in [9.17, 15) is 0 Å². The second-order valence-corrected chi connectivity index (χ2v) is 5.26. The number of nitrogens with one attached hydrogen (secondary N) is 2. The van der Waals surface area contributed by atoms with Crippen molar-refractivity contribution in [2.24, 2.45) is 0 Å². The minimum absolute atomic E-state index is 0.441. The Labute approximate surface area is 119 Å². The van der Waals surface area contributed by atoms with E-state index in [1.54, 1.807) is 0 Å². The third-order valence-corrected chi connectivity index (χ3v) is 4.00. The molecule has 1 aliphatic rings. The number of hydrogen-bond donors (Lipinski definition) is 2. The van der Waals surface area contributed by atoms with E-state index in [1.165, 1.54) is 30.5 Å². The smallest absolute Gasteiger partial charge is 0.130 e. The first-order chi connectivity index (χ1) is 9.88. The molecule has 106 valence electrons. The summed E-state index contributed by atoms with van der Waals surface area (Å²) < 4.78 is 0. The number of aromatic amines is 1. The van der Waals surface area contributed by atoms with Crippen molar-refractivity contribution in [2.45, 2.75) is 31.8 Å². The van der Waals surface area contributed by atoms with E-state index >= 15 is 0 Å². The number of anilines is 1. The molecule has 0 saturated carbocycles. The number of rotatable bonds is 4. The molecule has 0 aromatic carbocycles. The Bertz CT molecular complexity index is 537. The molecule has 1 fully saturated rings. The predicted octanol–water partition coefficient (Wildman–Crippen LogP) is 2.57. The lowest BCUT2D eigenvalue weighted by Crippen LogP contribution is -2.33. The zero-order valence-corrected chi connectivity index (χ0v) is 11.8. The van der Waals surface area contributed by atoms with Crippen LogP contribution in [0.3, 0.4) is 0 Å². The molecule has 0 radical (unpaired) electrons. The van der Waals surface area contributed by atoms with Crippen LogP contribution in [0.15, 0.2) is 30.6 Å². The molecule has 5 nitrogen and oxygen atoms in total. The summed E-state index contributed by atoms with van der Waals surface area (Å²) in [6.45, 7) is 2.05. The molecule has 2 N–H and O–H groups in total. The highest BCUT2D eigenvalue weighted by Gasteiger charge is 2.25. The maximum Gasteiger partial charge on any atom is 0.130 e. The molecular weight excluding hydrogens is 250 g/mol. The van der Waals surface area contributed by atoms with Crippen molar-refractivity contribution >= 4 is 5.82 Å². The summed E-state index contributed by atoms with van der Waals surface area (Å²) in [7, 11) is 1.93. The SMILES string of the molecule is CNc1ncccc1CN1CCCC[C@H]1c1ccn[nH]1. The Morgan fingerprint density at radius 2 is 2.30 bits per heavy atom. The first kappa shape index (κ1) is 13.1. The molecule has 1 aliphatic heterocycles. The van der Waals surface area contributed by atoms with E-state index < -0.39 is 0 Å². The predicted molar refractivity (Wildman–Crippen MR) is 79.4 cm³/mol. The van der Waals surface area contributed by atoms with Crippen molar-refractivity contribution in [2.75, 3.05) is 18.9 Å². The van der Waals surface area contributed by atoms with Crippen molar-refractivity contribution in [3.8, 4) is 0 Å². The number of nitrogens with zero attached hydrogens (tertiary/aromatic N) is 3. The maximum atomic E-state index is 4.39. The minimum Gasteiger partial charge on any atom is -0.373 e. The fourth-order valence-corrected chi connectivity index (χ4v) is 2.99. The molecule has 0 aliphatic carbocycles. The van der Waals surface area contributed by atoms with Gasteiger partial charge in [0.05, 0.1) is 11.7 Å². The van der Waals surface area contributed by atoms with Crippen LogP contribution in [0.25, 0.3) is 0 Å². The van der Waals surface area contributed by atoms with Crippen LogP contribution < -0.4 is 5.32 Å². The van der Waals surface area contributed by atoms with E-state index in [4.69, 9.17) is 0 Å². The van der Waals surface area contributed by atoms with Gasteiger partial charge in [0.15, 0.2) is 0 Å². The van der Waals surface area contributed by atoms with E-state index in [0.29, 0.717) is 6.04 Å². The van der Waals surface area contributed by atoms with Gasteiger partial charge in [0.2, 0.25) is 0 Å². The number of hydrogen-bond acceptors (Lipinski definition) is 4. The summed E-state index contributed by atoms with van der Waals surface area (Å²) in [4.78, 5) is 6.92. The molecule has 20 heavy (non-hydrogen) atoms.